The van der Waals surface area contributed by atoms with Crippen LogP contribution in [-0.2, 0) is 5.41 Å². The van der Waals surface area contributed by atoms with Gasteiger partial charge in [0.15, 0.2) is 11.6 Å². The summed E-state index contributed by atoms with van der Waals surface area (Å²) >= 11 is 6.74. The fraction of sp³-hybridized carbons (Fsp3) is 0.207. The molecule has 0 aliphatic heterocycles. The Balaban J connectivity index is 2.00. The van der Waals surface area contributed by atoms with Gasteiger partial charge in [0.1, 0.15) is 22.9 Å². The SMILES string of the molecule is CCN(CC)c1ncc2c(c1C#N)[C@@](C#N)(CC(=O)c1ccc(Br)cc1)C(C(=O)c1ccc(Br)cc1)=C2N. The molecule has 4 rings (SSSR count). The molecule has 1 aliphatic carbocycles. The predicted octanol–water partition coefficient (Wildman–Crippen LogP) is 5.93. The number of carbonyl (C=O) groups excluding carboxylic acids is 2. The summed E-state index contributed by atoms with van der Waals surface area (Å²) in [4.78, 5) is 34.0. The second-order valence-electron chi connectivity index (χ2n) is 8.78. The Kier molecular flexibility index (Phi) is 7.82. The van der Waals surface area contributed by atoms with Crippen LogP contribution in [0.15, 0.2) is 69.2 Å². The average Bonchev–Trinajstić information content (AvgIpc) is 3.17. The van der Waals surface area contributed by atoms with Crippen LogP contribution >= 0.6 is 31.9 Å². The highest BCUT2D eigenvalue weighted by Crippen LogP contribution is 2.51. The first-order chi connectivity index (χ1) is 18.2. The molecule has 7 nitrogen and oxygen atoms in total. The van der Waals surface area contributed by atoms with E-state index in [1.54, 1.807) is 48.5 Å². The largest absolute Gasteiger partial charge is 0.398 e. The van der Waals surface area contributed by atoms with Gasteiger partial charge in [0, 0.05) is 68.2 Å². The molecule has 38 heavy (non-hydrogen) atoms. The van der Waals surface area contributed by atoms with Crippen LogP contribution in [-0.4, -0.2) is 29.6 Å². The lowest BCUT2D eigenvalue weighted by atomic mass is 9.70. The summed E-state index contributed by atoms with van der Waals surface area (Å²) in [6, 6.07) is 17.9. The number of fused-ring (bicyclic) bond motifs is 1. The van der Waals surface area contributed by atoms with Gasteiger partial charge in [0.05, 0.1) is 6.07 Å². The summed E-state index contributed by atoms with van der Waals surface area (Å²) in [5.74, 6) is -0.451. The van der Waals surface area contributed by atoms with Crippen molar-refractivity contribution >= 4 is 54.9 Å². The maximum absolute atomic E-state index is 14.0. The van der Waals surface area contributed by atoms with Crippen LogP contribution in [0, 0.1) is 22.7 Å². The molecule has 0 amide bonds. The number of Topliss-reactive ketones (excluding diaryl/α,β-unsaturated/α-hetero) is 2. The molecule has 1 aromatic heterocycles. The number of rotatable bonds is 8. The molecule has 0 saturated heterocycles. The lowest BCUT2D eigenvalue weighted by Crippen LogP contribution is -2.34. The summed E-state index contributed by atoms with van der Waals surface area (Å²) in [6.45, 7) is 5.01. The number of nitrogens with two attached hydrogens (primary N) is 1. The number of aromatic nitrogens is 1. The molecule has 190 valence electrons. The van der Waals surface area contributed by atoms with Crippen molar-refractivity contribution in [2.45, 2.75) is 25.7 Å². The molecule has 0 saturated carbocycles. The zero-order chi connectivity index (χ0) is 27.6. The first kappa shape index (κ1) is 27.3. The van der Waals surface area contributed by atoms with Gasteiger partial charge < -0.3 is 10.6 Å². The number of carbonyl (C=O) groups is 2. The molecule has 2 N–H and O–H groups in total. The topological polar surface area (TPSA) is 124 Å². The molecule has 0 spiro atoms. The van der Waals surface area contributed by atoms with Gasteiger partial charge in [-0.25, -0.2) is 4.98 Å². The number of benzene rings is 2. The fourth-order valence-corrected chi connectivity index (χ4v) is 5.40. The minimum Gasteiger partial charge on any atom is -0.398 e. The predicted molar refractivity (Wildman–Crippen MR) is 152 cm³/mol. The summed E-state index contributed by atoms with van der Waals surface area (Å²) in [6.07, 6.45) is 1.13. The van der Waals surface area contributed by atoms with Crippen LogP contribution in [0.5, 0.6) is 0 Å². The summed E-state index contributed by atoms with van der Waals surface area (Å²) in [5, 5.41) is 21.1. The minimum atomic E-state index is -1.79. The highest BCUT2D eigenvalue weighted by molar-refractivity contribution is 9.10. The highest BCUT2D eigenvalue weighted by Gasteiger charge is 2.52. The third kappa shape index (κ3) is 4.53. The summed E-state index contributed by atoms with van der Waals surface area (Å²) in [7, 11) is 0. The summed E-state index contributed by atoms with van der Waals surface area (Å²) in [5.41, 5.74) is 6.22. The van der Waals surface area contributed by atoms with Crippen molar-refractivity contribution in [1.82, 2.24) is 4.98 Å². The van der Waals surface area contributed by atoms with Gasteiger partial charge in [-0.05, 0) is 50.2 Å². The first-order valence-electron chi connectivity index (χ1n) is 11.9. The van der Waals surface area contributed by atoms with Gasteiger partial charge >= 0.3 is 0 Å². The van der Waals surface area contributed by atoms with E-state index >= 15 is 0 Å². The van der Waals surface area contributed by atoms with E-state index in [1.165, 1.54) is 6.20 Å². The third-order valence-electron chi connectivity index (χ3n) is 6.76. The van der Waals surface area contributed by atoms with Crippen LogP contribution < -0.4 is 10.6 Å². The van der Waals surface area contributed by atoms with E-state index in [0.29, 0.717) is 35.6 Å². The van der Waals surface area contributed by atoms with Gasteiger partial charge in [-0.2, -0.15) is 10.5 Å². The number of hydrogen-bond acceptors (Lipinski definition) is 7. The van der Waals surface area contributed by atoms with Crippen LogP contribution in [0.3, 0.4) is 0 Å². The maximum Gasteiger partial charge on any atom is 0.193 e. The van der Waals surface area contributed by atoms with Crippen molar-refractivity contribution in [1.29, 1.82) is 10.5 Å². The number of nitrogens with zero attached hydrogens (tertiary/aromatic N) is 4. The van der Waals surface area contributed by atoms with Gasteiger partial charge in [-0.15, -0.1) is 0 Å². The molecular formula is C29H23Br2N5O2. The standard InChI is InChI=1S/C29H23Br2N5O2/c1-3-36(4-2)28-21(14-32)24-22(15-35-28)26(34)25(27(38)18-7-11-20(31)12-8-18)29(24,16-33)13-23(37)17-5-9-19(30)10-6-17/h5-12,15H,3-4,13,34H2,1-2H3/t29-/m0/s1. The van der Waals surface area contributed by atoms with E-state index in [-0.39, 0.29) is 34.6 Å². The number of pyridine rings is 1. The Morgan fingerprint density at radius 3 is 2.03 bits per heavy atom. The lowest BCUT2D eigenvalue weighted by Gasteiger charge is -2.28. The van der Waals surface area contributed by atoms with E-state index in [2.05, 4.69) is 49.0 Å². The number of ketones is 2. The molecule has 0 bridgehead atoms. The second kappa shape index (κ2) is 10.9. The van der Waals surface area contributed by atoms with Gasteiger partial charge in [-0.3, -0.25) is 9.59 Å². The molecule has 3 aromatic rings. The van der Waals surface area contributed by atoms with Crippen molar-refractivity contribution in [3.05, 3.63) is 97.1 Å². The molecule has 1 heterocycles. The van der Waals surface area contributed by atoms with Crippen molar-refractivity contribution < 1.29 is 9.59 Å². The van der Waals surface area contributed by atoms with Crippen LogP contribution in [0.2, 0.25) is 0 Å². The third-order valence-corrected chi connectivity index (χ3v) is 7.82. The molecule has 0 unspecified atom stereocenters. The molecule has 1 atom stereocenters. The Morgan fingerprint density at radius 1 is 0.974 bits per heavy atom. The van der Waals surface area contributed by atoms with E-state index in [1.807, 2.05) is 18.7 Å². The van der Waals surface area contributed by atoms with E-state index in [0.717, 1.165) is 8.95 Å². The van der Waals surface area contributed by atoms with E-state index in [4.69, 9.17) is 5.73 Å². The minimum absolute atomic E-state index is 0.0159. The molecule has 0 fully saturated rings. The van der Waals surface area contributed by atoms with E-state index < -0.39 is 11.2 Å². The van der Waals surface area contributed by atoms with Gasteiger partial charge in [0.2, 0.25) is 0 Å². The Hall–Kier alpha value is -3.79. The molecule has 9 heteroatoms. The maximum atomic E-state index is 14.0. The van der Waals surface area contributed by atoms with E-state index in [9.17, 15) is 20.1 Å². The molecular weight excluding hydrogens is 610 g/mol. The number of anilines is 1. The number of hydrogen-bond donors (Lipinski definition) is 1. The number of nitriles is 2. The van der Waals surface area contributed by atoms with Crippen LogP contribution in [0.25, 0.3) is 5.70 Å². The van der Waals surface area contributed by atoms with Crippen molar-refractivity contribution in [3.8, 4) is 12.1 Å². The van der Waals surface area contributed by atoms with Crippen molar-refractivity contribution in [2.75, 3.05) is 18.0 Å². The zero-order valence-electron chi connectivity index (χ0n) is 20.8. The molecule has 2 aromatic carbocycles. The van der Waals surface area contributed by atoms with Crippen LogP contribution in [0.1, 0.15) is 57.7 Å². The number of allylic oxidation sites excluding steroid dienone is 1. The van der Waals surface area contributed by atoms with Crippen molar-refractivity contribution in [3.63, 3.8) is 0 Å². The second-order valence-corrected chi connectivity index (χ2v) is 10.6. The quantitative estimate of drug-likeness (QED) is 0.305. The molecule has 1 aliphatic rings. The average molecular weight is 633 g/mol. The Morgan fingerprint density at radius 2 is 1.53 bits per heavy atom. The normalized spacial score (nSPS) is 15.9. The summed E-state index contributed by atoms with van der Waals surface area (Å²) < 4.78 is 1.58. The monoisotopic (exact) mass is 631 g/mol. The van der Waals surface area contributed by atoms with Crippen molar-refractivity contribution in [2.24, 2.45) is 5.73 Å². The lowest BCUT2D eigenvalue weighted by molar-refractivity contribution is 0.0961. The van der Waals surface area contributed by atoms with Gasteiger partial charge in [-0.1, -0.05) is 44.0 Å². The van der Waals surface area contributed by atoms with Crippen LogP contribution in [0.4, 0.5) is 5.82 Å². The fourth-order valence-electron chi connectivity index (χ4n) is 4.88. The smallest absolute Gasteiger partial charge is 0.193 e. The first-order valence-corrected chi connectivity index (χ1v) is 13.5. The zero-order valence-corrected chi connectivity index (χ0v) is 23.9. The molecule has 0 radical (unpaired) electrons. The highest BCUT2D eigenvalue weighted by atomic mass is 79.9. The number of halogens is 2. The Bertz CT molecular complexity index is 1550. The Labute approximate surface area is 237 Å². The van der Waals surface area contributed by atoms with Gasteiger partial charge in [0.25, 0.3) is 0 Å².